The van der Waals surface area contributed by atoms with Gasteiger partial charge in [-0.05, 0) is 65.8 Å². The first-order valence-corrected chi connectivity index (χ1v) is 9.66. The van der Waals surface area contributed by atoms with Crippen molar-refractivity contribution in [3.63, 3.8) is 0 Å². The largest absolute Gasteiger partial charge is 0.302 e. The van der Waals surface area contributed by atoms with Gasteiger partial charge in [0.1, 0.15) is 0 Å². The van der Waals surface area contributed by atoms with Gasteiger partial charge in [0.2, 0.25) is 0 Å². The van der Waals surface area contributed by atoms with E-state index in [1.807, 2.05) is 0 Å². The molecule has 6 heteroatoms. The lowest BCUT2D eigenvalue weighted by molar-refractivity contribution is 0.319. The van der Waals surface area contributed by atoms with E-state index in [0.717, 1.165) is 25.2 Å². The molecular formula is C14H18BrClN2S2. The second-order valence-corrected chi connectivity index (χ2v) is 8.32. The van der Waals surface area contributed by atoms with Gasteiger partial charge in [0.15, 0.2) is 0 Å². The van der Waals surface area contributed by atoms with Gasteiger partial charge in [0, 0.05) is 11.9 Å². The van der Waals surface area contributed by atoms with E-state index in [-0.39, 0.29) is 0 Å². The Labute approximate surface area is 141 Å². The van der Waals surface area contributed by atoms with Crippen molar-refractivity contribution in [1.29, 1.82) is 0 Å². The van der Waals surface area contributed by atoms with Gasteiger partial charge in [-0.2, -0.15) is 0 Å². The number of alkyl halides is 1. The first-order chi connectivity index (χ1) is 9.67. The number of thiophene rings is 1. The second kappa shape index (κ2) is 8.49. The van der Waals surface area contributed by atoms with Crippen molar-refractivity contribution < 1.29 is 0 Å². The van der Waals surface area contributed by atoms with Crippen LogP contribution in [0.15, 0.2) is 20.6 Å². The highest BCUT2D eigenvalue weighted by atomic mass is 79.9. The van der Waals surface area contributed by atoms with Gasteiger partial charge in [-0.3, -0.25) is 0 Å². The summed E-state index contributed by atoms with van der Waals surface area (Å²) in [6, 6.07) is 2.20. The average Bonchev–Trinajstić information content (AvgIpc) is 3.04. The van der Waals surface area contributed by atoms with Crippen LogP contribution >= 0.6 is 50.2 Å². The molecule has 110 valence electrons. The molecule has 0 aliphatic rings. The summed E-state index contributed by atoms with van der Waals surface area (Å²) < 4.78 is 1.21. The molecule has 0 N–H and O–H groups in total. The van der Waals surface area contributed by atoms with E-state index < -0.39 is 0 Å². The SMILES string of the molecule is CN(CCCCc1nc(CCl)cs1)Cc1csc(Br)c1. The zero-order valence-corrected chi connectivity index (χ0v) is 15.4. The summed E-state index contributed by atoms with van der Waals surface area (Å²) in [4.78, 5) is 6.86. The molecule has 0 bridgehead atoms. The summed E-state index contributed by atoms with van der Waals surface area (Å²) in [7, 11) is 2.18. The number of rotatable bonds is 8. The smallest absolute Gasteiger partial charge is 0.0928 e. The number of unbranched alkanes of at least 4 members (excludes halogenated alkanes) is 1. The van der Waals surface area contributed by atoms with E-state index in [4.69, 9.17) is 11.6 Å². The molecule has 0 aliphatic heterocycles. The quantitative estimate of drug-likeness (QED) is 0.455. The van der Waals surface area contributed by atoms with Crippen molar-refractivity contribution >= 4 is 50.2 Å². The van der Waals surface area contributed by atoms with Crippen LogP contribution in [0.25, 0.3) is 0 Å². The summed E-state index contributed by atoms with van der Waals surface area (Å²) in [5, 5.41) is 5.48. The molecule has 0 spiro atoms. The van der Waals surface area contributed by atoms with Gasteiger partial charge >= 0.3 is 0 Å². The predicted molar refractivity (Wildman–Crippen MR) is 93.0 cm³/mol. The number of hydrogen-bond acceptors (Lipinski definition) is 4. The lowest BCUT2D eigenvalue weighted by Crippen LogP contribution is -2.18. The summed E-state index contributed by atoms with van der Waals surface area (Å²) in [6.07, 6.45) is 3.46. The number of nitrogens with zero attached hydrogens (tertiary/aromatic N) is 2. The van der Waals surface area contributed by atoms with Gasteiger partial charge in [0.25, 0.3) is 0 Å². The van der Waals surface area contributed by atoms with Gasteiger partial charge in [0.05, 0.1) is 20.4 Å². The van der Waals surface area contributed by atoms with Crippen LogP contribution in [0.1, 0.15) is 29.1 Å². The second-order valence-electron chi connectivity index (χ2n) is 4.82. The molecule has 20 heavy (non-hydrogen) atoms. The molecule has 0 fully saturated rings. The Morgan fingerprint density at radius 2 is 2.15 bits per heavy atom. The van der Waals surface area contributed by atoms with Crippen LogP contribution in [-0.2, 0) is 18.8 Å². The Hall–Kier alpha value is 0.0600. The maximum Gasteiger partial charge on any atom is 0.0928 e. The number of hydrogen-bond donors (Lipinski definition) is 0. The lowest BCUT2D eigenvalue weighted by atomic mass is 10.2. The average molecular weight is 394 g/mol. The zero-order valence-electron chi connectivity index (χ0n) is 11.4. The maximum atomic E-state index is 5.76. The zero-order chi connectivity index (χ0) is 14.4. The van der Waals surface area contributed by atoms with Crippen LogP contribution < -0.4 is 0 Å². The number of aryl methyl sites for hydroxylation is 1. The molecular weight excluding hydrogens is 376 g/mol. The molecule has 0 saturated carbocycles. The summed E-state index contributed by atoms with van der Waals surface area (Å²) >= 11 is 12.7. The first kappa shape index (κ1) is 16.4. The van der Waals surface area contributed by atoms with Gasteiger partial charge in [-0.15, -0.1) is 34.3 Å². The molecule has 0 unspecified atom stereocenters. The van der Waals surface area contributed by atoms with E-state index in [1.165, 1.54) is 27.2 Å². The van der Waals surface area contributed by atoms with Gasteiger partial charge in [-0.25, -0.2) is 4.98 Å². The third kappa shape index (κ3) is 5.45. The van der Waals surface area contributed by atoms with Crippen molar-refractivity contribution in [2.45, 2.75) is 31.7 Å². The first-order valence-electron chi connectivity index (χ1n) is 6.58. The Balaban J connectivity index is 1.62. The van der Waals surface area contributed by atoms with Gasteiger partial charge < -0.3 is 4.90 Å². The van der Waals surface area contributed by atoms with Crippen LogP contribution in [0.2, 0.25) is 0 Å². The van der Waals surface area contributed by atoms with Gasteiger partial charge in [-0.1, -0.05) is 0 Å². The normalized spacial score (nSPS) is 11.4. The van der Waals surface area contributed by atoms with Crippen molar-refractivity contribution in [2.24, 2.45) is 0 Å². The number of thiazole rings is 1. The predicted octanol–water partition coefficient (Wildman–Crippen LogP) is 5.16. The fourth-order valence-corrected chi connectivity index (χ4v) is 4.27. The molecule has 2 nitrogen and oxygen atoms in total. The molecule has 0 atom stereocenters. The van der Waals surface area contributed by atoms with Crippen molar-refractivity contribution in [3.05, 3.63) is 36.9 Å². The molecule has 2 aromatic heterocycles. The molecule has 0 saturated heterocycles. The summed E-state index contributed by atoms with van der Waals surface area (Å²) in [6.45, 7) is 2.15. The minimum Gasteiger partial charge on any atom is -0.302 e. The summed E-state index contributed by atoms with van der Waals surface area (Å²) in [5.74, 6) is 0.523. The Morgan fingerprint density at radius 1 is 1.30 bits per heavy atom. The monoisotopic (exact) mass is 392 g/mol. The van der Waals surface area contributed by atoms with Crippen LogP contribution in [0.3, 0.4) is 0 Å². The Bertz CT molecular complexity index is 527. The molecule has 2 aromatic rings. The highest BCUT2D eigenvalue weighted by Crippen LogP contribution is 2.21. The fourth-order valence-electron chi connectivity index (χ4n) is 2.00. The van der Waals surface area contributed by atoms with E-state index >= 15 is 0 Å². The summed E-state index contributed by atoms with van der Waals surface area (Å²) in [5.41, 5.74) is 2.39. The van der Waals surface area contributed by atoms with Crippen molar-refractivity contribution in [3.8, 4) is 0 Å². The third-order valence-electron chi connectivity index (χ3n) is 2.99. The highest BCUT2D eigenvalue weighted by molar-refractivity contribution is 9.11. The van der Waals surface area contributed by atoms with Crippen LogP contribution in [0.4, 0.5) is 0 Å². The number of aromatic nitrogens is 1. The topological polar surface area (TPSA) is 16.1 Å². The molecule has 0 amide bonds. The molecule has 0 aromatic carbocycles. The van der Waals surface area contributed by atoms with Crippen LogP contribution in [0, 0.1) is 0 Å². The molecule has 2 heterocycles. The molecule has 0 aliphatic carbocycles. The molecule has 2 rings (SSSR count). The van der Waals surface area contributed by atoms with E-state index in [0.29, 0.717) is 5.88 Å². The van der Waals surface area contributed by atoms with Crippen LogP contribution in [0.5, 0.6) is 0 Å². The third-order valence-corrected chi connectivity index (χ3v) is 5.78. The molecule has 0 radical (unpaired) electrons. The van der Waals surface area contributed by atoms with E-state index in [1.54, 1.807) is 22.7 Å². The Kier molecular flexibility index (Phi) is 6.97. The van der Waals surface area contributed by atoms with Crippen molar-refractivity contribution in [2.75, 3.05) is 13.6 Å². The van der Waals surface area contributed by atoms with Crippen molar-refractivity contribution in [1.82, 2.24) is 9.88 Å². The van der Waals surface area contributed by atoms with Crippen LogP contribution in [-0.4, -0.2) is 23.5 Å². The van der Waals surface area contributed by atoms with E-state index in [2.05, 4.69) is 49.7 Å². The minimum absolute atomic E-state index is 0.523. The standard InChI is InChI=1S/C14H18BrClN2S2/c1-18(8-11-6-13(15)19-9-11)5-3-2-4-14-17-12(7-16)10-20-14/h6,9-10H,2-5,7-8H2,1H3. The fraction of sp³-hybridized carbons (Fsp3) is 0.500. The Morgan fingerprint density at radius 3 is 2.80 bits per heavy atom. The van der Waals surface area contributed by atoms with E-state index in [9.17, 15) is 0 Å². The maximum absolute atomic E-state index is 5.76. The lowest BCUT2D eigenvalue weighted by Gasteiger charge is -2.15. The highest BCUT2D eigenvalue weighted by Gasteiger charge is 2.04. The minimum atomic E-state index is 0.523. The number of halogens is 2.